The number of thioether (sulfide) groups is 1. The monoisotopic (exact) mass is 343 g/mol. The first-order valence-corrected chi connectivity index (χ1v) is 7.73. The van der Waals surface area contributed by atoms with Gasteiger partial charge in [-0.1, -0.05) is 17.7 Å². The zero-order chi connectivity index (χ0) is 15.9. The van der Waals surface area contributed by atoms with E-state index in [1.54, 1.807) is 0 Å². The Hall–Kier alpha value is -1.66. The Labute approximate surface area is 133 Å². The predicted octanol–water partition coefficient (Wildman–Crippen LogP) is 4.54. The van der Waals surface area contributed by atoms with E-state index in [2.05, 4.69) is 0 Å². The lowest BCUT2D eigenvalue weighted by Crippen LogP contribution is -2.28. The maximum atomic E-state index is 14.1. The van der Waals surface area contributed by atoms with Gasteiger partial charge in [0, 0.05) is 16.7 Å². The SMILES string of the molecule is O=C1CSC(c2c(F)cccc2Cl)N1c1cc(F)cc(F)c1. The van der Waals surface area contributed by atoms with Crippen molar-refractivity contribution in [2.45, 2.75) is 5.37 Å². The first-order valence-electron chi connectivity index (χ1n) is 6.31. The molecule has 1 saturated heterocycles. The Bertz CT molecular complexity index is 715. The lowest BCUT2D eigenvalue weighted by Gasteiger charge is -2.25. The maximum Gasteiger partial charge on any atom is 0.238 e. The highest BCUT2D eigenvalue weighted by molar-refractivity contribution is 8.00. The number of anilines is 1. The molecule has 0 N–H and O–H groups in total. The van der Waals surface area contributed by atoms with E-state index in [-0.39, 0.29) is 27.9 Å². The topological polar surface area (TPSA) is 20.3 Å². The van der Waals surface area contributed by atoms with Gasteiger partial charge in [0.1, 0.15) is 22.8 Å². The number of hydrogen-bond acceptors (Lipinski definition) is 2. The highest BCUT2D eigenvalue weighted by atomic mass is 35.5. The fourth-order valence-electron chi connectivity index (χ4n) is 2.34. The van der Waals surface area contributed by atoms with E-state index < -0.39 is 22.8 Å². The van der Waals surface area contributed by atoms with Crippen LogP contribution in [0.4, 0.5) is 18.9 Å². The minimum atomic E-state index is -0.807. The summed E-state index contributed by atoms with van der Waals surface area (Å²) >= 11 is 7.19. The normalized spacial score (nSPS) is 18.1. The number of amides is 1. The van der Waals surface area contributed by atoms with Crippen LogP contribution in [0.15, 0.2) is 36.4 Å². The summed E-state index contributed by atoms with van der Waals surface area (Å²) in [7, 11) is 0. The van der Waals surface area contributed by atoms with Crippen LogP contribution >= 0.6 is 23.4 Å². The molecule has 0 spiro atoms. The number of carbonyl (C=O) groups is 1. The second-order valence-corrected chi connectivity index (χ2v) is 6.17. The van der Waals surface area contributed by atoms with Crippen molar-refractivity contribution in [1.82, 2.24) is 0 Å². The fourth-order valence-corrected chi connectivity index (χ4v) is 3.91. The van der Waals surface area contributed by atoms with Crippen LogP contribution in [-0.4, -0.2) is 11.7 Å². The average molecular weight is 344 g/mol. The van der Waals surface area contributed by atoms with Crippen LogP contribution < -0.4 is 4.90 Å². The minimum Gasteiger partial charge on any atom is -0.295 e. The van der Waals surface area contributed by atoms with Crippen molar-refractivity contribution in [3.63, 3.8) is 0 Å². The third-order valence-corrected chi connectivity index (χ3v) is 4.75. The van der Waals surface area contributed by atoms with Gasteiger partial charge in [0.15, 0.2) is 0 Å². The third-order valence-electron chi connectivity index (χ3n) is 3.24. The molecule has 1 unspecified atom stereocenters. The molecular formula is C15H9ClF3NOS. The number of nitrogens with zero attached hydrogens (tertiary/aromatic N) is 1. The Morgan fingerprint density at radius 2 is 1.82 bits per heavy atom. The molecule has 0 radical (unpaired) electrons. The van der Waals surface area contributed by atoms with Gasteiger partial charge in [0.05, 0.1) is 11.4 Å². The highest BCUT2D eigenvalue weighted by Crippen LogP contribution is 2.45. The largest absolute Gasteiger partial charge is 0.295 e. The molecule has 1 aliphatic heterocycles. The summed E-state index contributed by atoms with van der Waals surface area (Å²) in [6.45, 7) is 0. The number of benzene rings is 2. The number of rotatable bonds is 2. The van der Waals surface area contributed by atoms with Gasteiger partial charge >= 0.3 is 0 Å². The molecule has 1 fully saturated rings. The zero-order valence-electron chi connectivity index (χ0n) is 11.0. The first-order chi connectivity index (χ1) is 10.5. The van der Waals surface area contributed by atoms with Gasteiger partial charge in [-0.15, -0.1) is 11.8 Å². The Balaban J connectivity index is 2.10. The van der Waals surface area contributed by atoms with E-state index in [9.17, 15) is 18.0 Å². The summed E-state index contributed by atoms with van der Waals surface area (Å²) < 4.78 is 40.9. The van der Waals surface area contributed by atoms with Crippen molar-refractivity contribution in [2.24, 2.45) is 0 Å². The molecule has 1 heterocycles. The molecule has 0 saturated carbocycles. The van der Waals surface area contributed by atoms with Crippen LogP contribution in [0, 0.1) is 17.5 Å². The molecule has 0 bridgehead atoms. The lowest BCUT2D eigenvalue weighted by atomic mass is 10.1. The molecule has 7 heteroatoms. The van der Waals surface area contributed by atoms with Crippen molar-refractivity contribution in [2.75, 3.05) is 10.7 Å². The standard InChI is InChI=1S/C15H9ClF3NOS/c16-11-2-1-3-12(19)14(11)15-20(13(21)7-22-15)10-5-8(17)4-9(18)6-10/h1-6,15H,7H2. The van der Waals surface area contributed by atoms with Crippen LogP contribution in [0.1, 0.15) is 10.9 Å². The Kier molecular flexibility index (Phi) is 4.06. The molecule has 2 aromatic carbocycles. The van der Waals surface area contributed by atoms with Crippen LogP contribution in [-0.2, 0) is 4.79 Å². The van der Waals surface area contributed by atoms with Gasteiger partial charge in [-0.25, -0.2) is 13.2 Å². The van der Waals surface area contributed by atoms with E-state index in [1.165, 1.54) is 23.1 Å². The lowest BCUT2D eigenvalue weighted by molar-refractivity contribution is -0.115. The molecule has 3 rings (SSSR count). The van der Waals surface area contributed by atoms with E-state index >= 15 is 0 Å². The average Bonchev–Trinajstić information content (AvgIpc) is 2.79. The Morgan fingerprint density at radius 3 is 2.45 bits per heavy atom. The summed E-state index contributed by atoms with van der Waals surface area (Å²) in [5.41, 5.74) is 0.168. The third kappa shape index (κ3) is 2.68. The van der Waals surface area contributed by atoms with E-state index in [4.69, 9.17) is 11.6 Å². The summed E-state index contributed by atoms with van der Waals surface area (Å²) in [4.78, 5) is 13.3. The zero-order valence-corrected chi connectivity index (χ0v) is 12.6. The molecule has 114 valence electrons. The van der Waals surface area contributed by atoms with Crippen LogP contribution in [0.3, 0.4) is 0 Å². The van der Waals surface area contributed by atoms with Gasteiger partial charge in [-0.05, 0) is 24.3 Å². The molecule has 2 aromatic rings. The van der Waals surface area contributed by atoms with Crippen LogP contribution in [0.25, 0.3) is 0 Å². The van der Waals surface area contributed by atoms with E-state index in [0.717, 1.165) is 23.9 Å². The molecule has 2 nitrogen and oxygen atoms in total. The van der Waals surface area contributed by atoms with Gasteiger partial charge in [0.25, 0.3) is 0 Å². The molecular weight excluding hydrogens is 335 g/mol. The molecule has 0 aromatic heterocycles. The van der Waals surface area contributed by atoms with Crippen molar-refractivity contribution in [3.05, 3.63) is 64.4 Å². The number of halogens is 4. The maximum absolute atomic E-state index is 14.1. The summed E-state index contributed by atoms with van der Waals surface area (Å²) in [6, 6.07) is 6.98. The van der Waals surface area contributed by atoms with Crippen molar-refractivity contribution in [3.8, 4) is 0 Å². The van der Waals surface area contributed by atoms with Gasteiger partial charge in [-0.3, -0.25) is 9.69 Å². The molecule has 1 aliphatic rings. The predicted molar refractivity (Wildman–Crippen MR) is 80.5 cm³/mol. The fraction of sp³-hybridized carbons (Fsp3) is 0.133. The van der Waals surface area contributed by atoms with E-state index in [1.807, 2.05) is 0 Å². The van der Waals surface area contributed by atoms with Crippen molar-refractivity contribution >= 4 is 35.0 Å². The van der Waals surface area contributed by atoms with E-state index in [0.29, 0.717) is 6.07 Å². The molecule has 0 aliphatic carbocycles. The minimum absolute atomic E-state index is 0.0387. The summed E-state index contributed by atoms with van der Waals surface area (Å²) in [5, 5.41) is -0.600. The number of carbonyl (C=O) groups excluding carboxylic acids is 1. The second-order valence-electron chi connectivity index (χ2n) is 4.69. The van der Waals surface area contributed by atoms with Gasteiger partial charge in [-0.2, -0.15) is 0 Å². The number of hydrogen-bond donors (Lipinski definition) is 0. The smallest absolute Gasteiger partial charge is 0.238 e. The molecule has 1 amide bonds. The first kappa shape index (κ1) is 15.2. The van der Waals surface area contributed by atoms with Gasteiger partial charge < -0.3 is 0 Å². The van der Waals surface area contributed by atoms with Gasteiger partial charge in [0.2, 0.25) is 5.91 Å². The second kappa shape index (κ2) is 5.85. The van der Waals surface area contributed by atoms with Crippen molar-refractivity contribution in [1.29, 1.82) is 0 Å². The van der Waals surface area contributed by atoms with Crippen molar-refractivity contribution < 1.29 is 18.0 Å². The van der Waals surface area contributed by atoms with Crippen LogP contribution in [0.5, 0.6) is 0 Å². The highest BCUT2D eigenvalue weighted by Gasteiger charge is 2.37. The van der Waals surface area contributed by atoms with Crippen LogP contribution in [0.2, 0.25) is 5.02 Å². The quantitative estimate of drug-likeness (QED) is 0.798. The summed E-state index contributed by atoms with van der Waals surface area (Å²) in [5.74, 6) is -2.47. The molecule has 1 atom stereocenters. The molecule has 22 heavy (non-hydrogen) atoms. The summed E-state index contributed by atoms with van der Waals surface area (Å²) in [6.07, 6.45) is 0. The Morgan fingerprint density at radius 1 is 1.14 bits per heavy atom.